The smallest absolute Gasteiger partial charge is 0.191 e. The van der Waals surface area contributed by atoms with E-state index in [1.807, 2.05) is 7.05 Å². The fourth-order valence-corrected chi connectivity index (χ4v) is 3.19. The number of guanidine groups is 1. The zero-order valence-corrected chi connectivity index (χ0v) is 17.8. The van der Waals surface area contributed by atoms with Crippen LogP contribution in [0.5, 0.6) is 0 Å². The van der Waals surface area contributed by atoms with Gasteiger partial charge in [-0.25, -0.2) is 0 Å². The fraction of sp³-hybridized carbons (Fsp3) is 0.682. The van der Waals surface area contributed by atoms with E-state index >= 15 is 0 Å². The maximum Gasteiger partial charge on any atom is 0.191 e. The third-order valence-corrected chi connectivity index (χ3v) is 4.90. The Hall–Kier alpha value is -1.59. The summed E-state index contributed by atoms with van der Waals surface area (Å²) in [4.78, 5) is 6.83. The molecule has 1 heterocycles. The standard InChI is InChI=1S/C22H38N4O/c1-18(9-10-22(2,3)4)25-21(23-5)24-16-19-7-6-8-20(15-19)17-26-11-13-27-14-12-26/h6-8,15,18H,9-14,16-17H2,1-5H3,(H2,23,24,25). The minimum Gasteiger partial charge on any atom is -0.379 e. The lowest BCUT2D eigenvalue weighted by Gasteiger charge is -2.26. The van der Waals surface area contributed by atoms with Crippen molar-refractivity contribution < 1.29 is 4.74 Å². The second-order valence-electron chi connectivity index (χ2n) is 8.78. The van der Waals surface area contributed by atoms with E-state index in [2.05, 4.69) is 72.5 Å². The van der Waals surface area contributed by atoms with E-state index in [9.17, 15) is 0 Å². The van der Waals surface area contributed by atoms with Crippen molar-refractivity contribution in [2.24, 2.45) is 10.4 Å². The summed E-state index contributed by atoms with van der Waals surface area (Å²) >= 11 is 0. The molecule has 0 bridgehead atoms. The molecule has 1 unspecified atom stereocenters. The van der Waals surface area contributed by atoms with Gasteiger partial charge in [0.15, 0.2) is 5.96 Å². The molecule has 2 rings (SSSR count). The Balaban J connectivity index is 1.80. The molecule has 1 aromatic carbocycles. The van der Waals surface area contributed by atoms with Gasteiger partial charge in [0.25, 0.3) is 0 Å². The highest BCUT2D eigenvalue weighted by atomic mass is 16.5. The number of nitrogens with zero attached hydrogens (tertiary/aromatic N) is 2. The van der Waals surface area contributed by atoms with Crippen LogP contribution in [0.25, 0.3) is 0 Å². The minimum atomic E-state index is 0.369. The van der Waals surface area contributed by atoms with Crippen LogP contribution in [0, 0.1) is 5.41 Å². The Morgan fingerprint density at radius 3 is 2.59 bits per heavy atom. The van der Waals surface area contributed by atoms with Gasteiger partial charge in [0.2, 0.25) is 0 Å². The number of nitrogens with one attached hydrogen (secondary N) is 2. The monoisotopic (exact) mass is 374 g/mol. The summed E-state index contributed by atoms with van der Waals surface area (Å²) in [5.74, 6) is 0.870. The predicted molar refractivity (Wildman–Crippen MR) is 114 cm³/mol. The van der Waals surface area contributed by atoms with Gasteiger partial charge in [-0.2, -0.15) is 0 Å². The van der Waals surface area contributed by atoms with E-state index in [0.29, 0.717) is 11.5 Å². The first kappa shape index (κ1) is 21.7. The van der Waals surface area contributed by atoms with Gasteiger partial charge < -0.3 is 15.4 Å². The average Bonchev–Trinajstić information content (AvgIpc) is 2.64. The van der Waals surface area contributed by atoms with Crippen LogP contribution >= 0.6 is 0 Å². The molecule has 1 aromatic rings. The van der Waals surface area contributed by atoms with Crippen LogP contribution in [0.15, 0.2) is 29.3 Å². The summed E-state index contributed by atoms with van der Waals surface area (Å²) in [6, 6.07) is 9.23. The SMILES string of the molecule is CN=C(NCc1cccc(CN2CCOCC2)c1)NC(C)CCC(C)(C)C. The van der Waals surface area contributed by atoms with Crippen LogP contribution < -0.4 is 10.6 Å². The predicted octanol–water partition coefficient (Wildman–Crippen LogP) is 3.40. The van der Waals surface area contributed by atoms with E-state index in [1.165, 1.54) is 17.5 Å². The fourth-order valence-electron chi connectivity index (χ4n) is 3.19. The number of morpholine rings is 1. The molecule has 0 amide bonds. The van der Waals surface area contributed by atoms with Gasteiger partial charge in [0.1, 0.15) is 0 Å². The Morgan fingerprint density at radius 1 is 1.22 bits per heavy atom. The molecule has 0 aromatic heterocycles. The van der Waals surface area contributed by atoms with Gasteiger partial charge in [-0.3, -0.25) is 9.89 Å². The minimum absolute atomic E-state index is 0.369. The van der Waals surface area contributed by atoms with Gasteiger partial charge in [0.05, 0.1) is 13.2 Å². The van der Waals surface area contributed by atoms with Crippen LogP contribution in [0.1, 0.15) is 51.7 Å². The van der Waals surface area contributed by atoms with E-state index in [4.69, 9.17) is 4.74 Å². The third kappa shape index (κ3) is 8.76. The maximum atomic E-state index is 5.43. The van der Waals surface area contributed by atoms with Crippen molar-refractivity contribution in [2.75, 3.05) is 33.4 Å². The van der Waals surface area contributed by atoms with Crippen LogP contribution in [0.4, 0.5) is 0 Å². The molecule has 1 fully saturated rings. The Morgan fingerprint density at radius 2 is 1.93 bits per heavy atom. The second-order valence-corrected chi connectivity index (χ2v) is 8.78. The Labute approximate surface area is 165 Å². The first-order valence-electron chi connectivity index (χ1n) is 10.2. The lowest BCUT2D eigenvalue weighted by Crippen LogP contribution is -2.42. The summed E-state index contributed by atoms with van der Waals surface area (Å²) < 4.78 is 5.43. The normalized spacial score (nSPS) is 17.6. The molecule has 1 atom stereocenters. The number of ether oxygens (including phenoxy) is 1. The number of hydrogen-bond donors (Lipinski definition) is 2. The van der Waals surface area contributed by atoms with Crippen molar-refractivity contribution >= 4 is 5.96 Å². The summed E-state index contributed by atoms with van der Waals surface area (Å²) in [6.45, 7) is 14.6. The van der Waals surface area contributed by atoms with E-state index < -0.39 is 0 Å². The zero-order chi connectivity index (χ0) is 19.7. The maximum absolute atomic E-state index is 5.43. The average molecular weight is 375 g/mol. The van der Waals surface area contributed by atoms with Gasteiger partial charge in [-0.1, -0.05) is 45.0 Å². The Bertz CT molecular complexity index is 588. The molecule has 5 heteroatoms. The molecule has 27 heavy (non-hydrogen) atoms. The van der Waals surface area contributed by atoms with Crippen molar-refractivity contribution in [3.63, 3.8) is 0 Å². The molecule has 1 saturated heterocycles. The third-order valence-electron chi connectivity index (χ3n) is 4.90. The highest BCUT2D eigenvalue weighted by molar-refractivity contribution is 5.79. The van der Waals surface area contributed by atoms with E-state index in [1.54, 1.807) is 0 Å². The first-order valence-corrected chi connectivity index (χ1v) is 10.2. The van der Waals surface area contributed by atoms with E-state index in [-0.39, 0.29) is 0 Å². The van der Waals surface area contributed by atoms with Gasteiger partial charge in [-0.15, -0.1) is 0 Å². The zero-order valence-electron chi connectivity index (χ0n) is 17.8. The molecule has 0 aliphatic carbocycles. The van der Waals surface area contributed by atoms with Crippen molar-refractivity contribution in [1.29, 1.82) is 0 Å². The largest absolute Gasteiger partial charge is 0.379 e. The molecule has 0 saturated carbocycles. The molecule has 1 aliphatic rings. The highest BCUT2D eigenvalue weighted by Crippen LogP contribution is 2.21. The molecule has 2 N–H and O–H groups in total. The van der Waals surface area contributed by atoms with Crippen LogP contribution in [-0.2, 0) is 17.8 Å². The molecule has 0 radical (unpaired) electrons. The van der Waals surface area contributed by atoms with Crippen molar-refractivity contribution in [3.8, 4) is 0 Å². The summed E-state index contributed by atoms with van der Waals surface area (Å²) in [6.07, 6.45) is 2.33. The van der Waals surface area contributed by atoms with Crippen LogP contribution in [0.3, 0.4) is 0 Å². The quantitative estimate of drug-likeness (QED) is 0.567. The van der Waals surface area contributed by atoms with Gasteiger partial charge in [-0.05, 0) is 36.3 Å². The lowest BCUT2D eigenvalue weighted by molar-refractivity contribution is 0.0342. The van der Waals surface area contributed by atoms with Gasteiger partial charge >= 0.3 is 0 Å². The van der Waals surface area contributed by atoms with Crippen LogP contribution in [-0.4, -0.2) is 50.3 Å². The van der Waals surface area contributed by atoms with Crippen LogP contribution in [0.2, 0.25) is 0 Å². The lowest BCUT2D eigenvalue weighted by atomic mass is 9.89. The highest BCUT2D eigenvalue weighted by Gasteiger charge is 2.14. The molecule has 0 spiro atoms. The number of benzene rings is 1. The molecular formula is C22H38N4O. The number of aliphatic imine (C=N–C) groups is 1. The number of hydrogen-bond acceptors (Lipinski definition) is 3. The second kappa shape index (κ2) is 10.7. The topological polar surface area (TPSA) is 48.9 Å². The molecular weight excluding hydrogens is 336 g/mol. The van der Waals surface area contributed by atoms with Gasteiger partial charge in [0, 0.05) is 39.3 Å². The van der Waals surface area contributed by atoms with Crippen molar-refractivity contribution in [2.45, 2.75) is 59.7 Å². The number of rotatable bonds is 7. The summed E-state index contributed by atoms with van der Waals surface area (Å²) in [5.41, 5.74) is 3.01. The molecule has 5 nitrogen and oxygen atoms in total. The summed E-state index contributed by atoms with van der Waals surface area (Å²) in [7, 11) is 1.83. The summed E-state index contributed by atoms with van der Waals surface area (Å²) in [5, 5.41) is 6.96. The van der Waals surface area contributed by atoms with Crippen molar-refractivity contribution in [1.82, 2.24) is 15.5 Å². The van der Waals surface area contributed by atoms with E-state index in [0.717, 1.165) is 51.8 Å². The molecule has 1 aliphatic heterocycles. The molecule has 152 valence electrons. The van der Waals surface area contributed by atoms with Crippen molar-refractivity contribution in [3.05, 3.63) is 35.4 Å². The Kier molecular flexibility index (Phi) is 8.58. The first-order chi connectivity index (χ1) is 12.9.